The number of Topliss-reactive ketones (excluding diaryl/α,β-unsaturated/α-hetero) is 1. The van der Waals surface area contributed by atoms with Crippen LogP contribution in [-0.4, -0.2) is 70.3 Å². The number of hydrogen-bond donors (Lipinski definition) is 1. The first kappa shape index (κ1) is 17.6. The number of nitrogens with one attached hydrogen (secondary N) is 1. The van der Waals surface area contributed by atoms with Crippen molar-refractivity contribution in [3.8, 4) is 0 Å². The van der Waals surface area contributed by atoms with Crippen molar-refractivity contribution in [2.75, 3.05) is 37.7 Å². The standard InChI is InChI=1S/C17H19N5O4/c1-12(23)13-9-14(20-10-13)16(25)26-11-15(24)21-5-7-22(8-6-21)17-18-3-2-4-19-17/h2-4,9-10,20H,5-8,11H2,1H3. The number of amides is 1. The van der Waals surface area contributed by atoms with Gasteiger partial charge in [0.2, 0.25) is 5.95 Å². The summed E-state index contributed by atoms with van der Waals surface area (Å²) in [6, 6.07) is 3.16. The first-order valence-electron chi connectivity index (χ1n) is 8.21. The van der Waals surface area contributed by atoms with Crippen LogP contribution in [0.1, 0.15) is 27.8 Å². The van der Waals surface area contributed by atoms with Gasteiger partial charge in [0.1, 0.15) is 5.69 Å². The van der Waals surface area contributed by atoms with Crippen LogP contribution < -0.4 is 4.90 Å². The highest BCUT2D eigenvalue weighted by Gasteiger charge is 2.23. The number of aromatic amines is 1. The van der Waals surface area contributed by atoms with E-state index in [1.54, 1.807) is 23.4 Å². The average Bonchev–Trinajstić information content (AvgIpc) is 3.17. The van der Waals surface area contributed by atoms with Gasteiger partial charge in [0, 0.05) is 50.3 Å². The van der Waals surface area contributed by atoms with Crippen LogP contribution in [-0.2, 0) is 9.53 Å². The molecular formula is C17H19N5O4. The van der Waals surface area contributed by atoms with Crippen molar-refractivity contribution in [3.05, 3.63) is 42.0 Å². The molecule has 2 aromatic rings. The summed E-state index contributed by atoms with van der Waals surface area (Å²) in [6.07, 6.45) is 4.79. The predicted molar refractivity (Wildman–Crippen MR) is 91.9 cm³/mol. The van der Waals surface area contributed by atoms with Crippen LogP contribution in [0.25, 0.3) is 0 Å². The van der Waals surface area contributed by atoms with E-state index < -0.39 is 5.97 Å². The highest BCUT2D eigenvalue weighted by atomic mass is 16.5. The van der Waals surface area contributed by atoms with Gasteiger partial charge in [0.25, 0.3) is 5.91 Å². The lowest BCUT2D eigenvalue weighted by Crippen LogP contribution is -2.50. The second-order valence-electron chi connectivity index (χ2n) is 5.85. The number of aromatic nitrogens is 3. The van der Waals surface area contributed by atoms with E-state index in [9.17, 15) is 14.4 Å². The number of rotatable bonds is 5. The Labute approximate surface area is 150 Å². The van der Waals surface area contributed by atoms with Gasteiger partial charge in [-0.15, -0.1) is 0 Å². The molecule has 1 aliphatic rings. The van der Waals surface area contributed by atoms with Crippen molar-refractivity contribution in [1.82, 2.24) is 19.9 Å². The molecule has 26 heavy (non-hydrogen) atoms. The van der Waals surface area contributed by atoms with Gasteiger partial charge in [-0.05, 0) is 19.1 Å². The van der Waals surface area contributed by atoms with Gasteiger partial charge in [-0.2, -0.15) is 0 Å². The van der Waals surface area contributed by atoms with Gasteiger partial charge in [-0.1, -0.05) is 0 Å². The van der Waals surface area contributed by atoms with E-state index in [0.29, 0.717) is 37.7 Å². The quantitative estimate of drug-likeness (QED) is 0.613. The zero-order valence-corrected chi connectivity index (χ0v) is 14.3. The van der Waals surface area contributed by atoms with E-state index in [1.807, 2.05) is 4.90 Å². The van der Waals surface area contributed by atoms with E-state index in [1.165, 1.54) is 19.2 Å². The van der Waals surface area contributed by atoms with E-state index in [2.05, 4.69) is 15.0 Å². The summed E-state index contributed by atoms with van der Waals surface area (Å²) in [5.41, 5.74) is 0.538. The number of piperazine rings is 1. The molecule has 136 valence electrons. The molecule has 9 heteroatoms. The molecule has 3 rings (SSSR count). The molecule has 1 saturated heterocycles. The van der Waals surface area contributed by atoms with Crippen molar-refractivity contribution in [2.45, 2.75) is 6.92 Å². The third-order valence-electron chi connectivity index (χ3n) is 4.10. The van der Waals surface area contributed by atoms with Crippen molar-refractivity contribution in [3.63, 3.8) is 0 Å². The summed E-state index contributed by atoms with van der Waals surface area (Å²) in [4.78, 5) is 50.1. The summed E-state index contributed by atoms with van der Waals surface area (Å²) < 4.78 is 5.04. The van der Waals surface area contributed by atoms with E-state index in [-0.39, 0.29) is 24.0 Å². The van der Waals surface area contributed by atoms with Crippen molar-refractivity contribution in [1.29, 1.82) is 0 Å². The molecule has 1 aliphatic heterocycles. The SMILES string of the molecule is CC(=O)c1c[nH]c(C(=O)OCC(=O)N2CCN(c3ncccn3)CC2)c1. The second kappa shape index (κ2) is 7.77. The molecule has 1 N–H and O–H groups in total. The summed E-state index contributed by atoms with van der Waals surface area (Å²) in [7, 11) is 0. The molecular weight excluding hydrogens is 338 g/mol. The fourth-order valence-corrected chi connectivity index (χ4v) is 2.62. The second-order valence-corrected chi connectivity index (χ2v) is 5.85. The Morgan fingerprint density at radius 2 is 1.85 bits per heavy atom. The van der Waals surface area contributed by atoms with Crippen LogP contribution >= 0.6 is 0 Å². The molecule has 1 amide bonds. The first-order valence-corrected chi connectivity index (χ1v) is 8.21. The van der Waals surface area contributed by atoms with E-state index in [4.69, 9.17) is 4.74 Å². The van der Waals surface area contributed by atoms with Crippen LogP contribution in [0.3, 0.4) is 0 Å². The molecule has 0 radical (unpaired) electrons. The number of ketones is 1. The fourth-order valence-electron chi connectivity index (χ4n) is 2.62. The number of nitrogens with zero attached hydrogens (tertiary/aromatic N) is 4. The number of carbonyl (C=O) groups excluding carboxylic acids is 3. The third-order valence-corrected chi connectivity index (χ3v) is 4.10. The van der Waals surface area contributed by atoms with Crippen LogP contribution in [0.4, 0.5) is 5.95 Å². The molecule has 0 aromatic carbocycles. The molecule has 1 fully saturated rings. The van der Waals surface area contributed by atoms with Crippen LogP contribution in [0, 0.1) is 0 Å². The van der Waals surface area contributed by atoms with Crippen molar-refractivity contribution in [2.24, 2.45) is 0 Å². The van der Waals surface area contributed by atoms with Crippen LogP contribution in [0.15, 0.2) is 30.7 Å². The number of carbonyl (C=O) groups is 3. The predicted octanol–water partition coefficient (Wildman–Crippen LogP) is 0.513. The molecule has 9 nitrogen and oxygen atoms in total. The highest BCUT2D eigenvalue weighted by molar-refractivity contribution is 5.97. The van der Waals surface area contributed by atoms with E-state index >= 15 is 0 Å². The smallest absolute Gasteiger partial charge is 0.355 e. The molecule has 2 aromatic heterocycles. The number of H-pyrrole nitrogens is 1. The third kappa shape index (κ3) is 4.05. The lowest BCUT2D eigenvalue weighted by molar-refractivity contribution is -0.134. The lowest BCUT2D eigenvalue weighted by Gasteiger charge is -2.34. The van der Waals surface area contributed by atoms with Crippen molar-refractivity contribution >= 4 is 23.6 Å². The molecule has 0 saturated carbocycles. The molecule has 3 heterocycles. The topological polar surface area (TPSA) is 108 Å². The Morgan fingerprint density at radius 1 is 1.15 bits per heavy atom. The molecule has 0 atom stereocenters. The van der Waals surface area contributed by atoms with Gasteiger partial charge < -0.3 is 19.5 Å². The molecule has 0 spiro atoms. The molecule has 0 bridgehead atoms. The maximum Gasteiger partial charge on any atom is 0.355 e. The Bertz CT molecular complexity index is 796. The minimum Gasteiger partial charge on any atom is -0.451 e. The maximum absolute atomic E-state index is 12.2. The Balaban J connectivity index is 1.47. The van der Waals surface area contributed by atoms with Gasteiger partial charge >= 0.3 is 5.97 Å². The minimum absolute atomic E-state index is 0.147. The van der Waals surface area contributed by atoms with Gasteiger partial charge in [-0.3, -0.25) is 9.59 Å². The van der Waals surface area contributed by atoms with Crippen LogP contribution in [0.2, 0.25) is 0 Å². The lowest BCUT2D eigenvalue weighted by atomic mass is 10.2. The fraction of sp³-hybridized carbons (Fsp3) is 0.353. The Morgan fingerprint density at radius 3 is 2.46 bits per heavy atom. The maximum atomic E-state index is 12.2. The minimum atomic E-state index is -0.665. The molecule has 0 aliphatic carbocycles. The Hall–Kier alpha value is -3.23. The zero-order chi connectivity index (χ0) is 18.5. The summed E-state index contributed by atoms with van der Waals surface area (Å²) in [6.45, 7) is 3.30. The van der Waals surface area contributed by atoms with E-state index in [0.717, 1.165) is 0 Å². The normalized spacial score (nSPS) is 14.2. The van der Waals surface area contributed by atoms with Crippen LogP contribution in [0.5, 0.6) is 0 Å². The molecule has 0 unspecified atom stereocenters. The zero-order valence-electron chi connectivity index (χ0n) is 14.3. The highest BCUT2D eigenvalue weighted by Crippen LogP contribution is 2.10. The number of anilines is 1. The van der Waals surface area contributed by atoms with Gasteiger partial charge in [0.05, 0.1) is 0 Å². The van der Waals surface area contributed by atoms with Gasteiger partial charge in [0.15, 0.2) is 12.4 Å². The number of ether oxygens (including phenoxy) is 1. The monoisotopic (exact) mass is 357 g/mol. The summed E-state index contributed by atoms with van der Waals surface area (Å²) in [5, 5.41) is 0. The average molecular weight is 357 g/mol. The first-order chi connectivity index (χ1) is 12.5. The number of esters is 1. The summed E-state index contributed by atoms with van der Waals surface area (Å²) in [5.74, 6) is -0.441. The Kier molecular flexibility index (Phi) is 5.26. The summed E-state index contributed by atoms with van der Waals surface area (Å²) >= 11 is 0. The van der Waals surface area contributed by atoms with Crippen molar-refractivity contribution < 1.29 is 19.1 Å². The van der Waals surface area contributed by atoms with Gasteiger partial charge in [-0.25, -0.2) is 14.8 Å². The largest absolute Gasteiger partial charge is 0.451 e. The number of hydrogen-bond acceptors (Lipinski definition) is 7.